The first kappa shape index (κ1) is 10.1. The summed E-state index contributed by atoms with van der Waals surface area (Å²) in [5.74, 6) is 5.49. The second-order valence-electron chi connectivity index (χ2n) is 3.14. The molecule has 0 aliphatic carbocycles. The van der Waals surface area contributed by atoms with Crippen LogP contribution >= 0.6 is 0 Å². The molecule has 1 heterocycles. The number of fused-ring (bicyclic) bond motifs is 1. The standard InChI is InChI=1S/C12H8N2O2/c15-6-2-1-3-9-4-5-11-10(7-9)12(16)14-8-13-11/h4-8H,2H2,(H,13,14,16). The molecule has 2 rings (SSSR count). The molecule has 16 heavy (non-hydrogen) atoms. The summed E-state index contributed by atoms with van der Waals surface area (Å²) >= 11 is 0. The maximum absolute atomic E-state index is 11.5. The smallest absolute Gasteiger partial charge is 0.258 e. The fourth-order valence-electron chi connectivity index (χ4n) is 1.34. The molecule has 0 bridgehead atoms. The zero-order valence-electron chi connectivity index (χ0n) is 8.36. The number of nitrogens with zero attached hydrogens (tertiary/aromatic N) is 1. The van der Waals surface area contributed by atoms with Crippen molar-refractivity contribution in [3.8, 4) is 11.8 Å². The van der Waals surface area contributed by atoms with Gasteiger partial charge in [-0.05, 0) is 18.2 Å². The third kappa shape index (κ3) is 1.98. The highest BCUT2D eigenvalue weighted by atomic mass is 16.1. The maximum Gasteiger partial charge on any atom is 0.258 e. The number of carbonyl (C=O) groups excluding carboxylic acids is 1. The monoisotopic (exact) mass is 212 g/mol. The van der Waals surface area contributed by atoms with Gasteiger partial charge in [-0.1, -0.05) is 11.8 Å². The topological polar surface area (TPSA) is 62.8 Å². The van der Waals surface area contributed by atoms with Crippen molar-refractivity contribution in [3.05, 3.63) is 40.4 Å². The Morgan fingerprint density at radius 2 is 2.31 bits per heavy atom. The first-order valence-electron chi connectivity index (χ1n) is 4.71. The fourth-order valence-corrected chi connectivity index (χ4v) is 1.34. The molecule has 4 heteroatoms. The van der Waals surface area contributed by atoms with Crippen molar-refractivity contribution in [2.45, 2.75) is 6.42 Å². The SMILES string of the molecule is O=CCC#Cc1ccc2nc[nH]c(=O)c2c1. The number of benzene rings is 1. The van der Waals surface area contributed by atoms with E-state index in [0.717, 1.165) is 6.29 Å². The molecular weight excluding hydrogens is 204 g/mol. The van der Waals surface area contributed by atoms with Crippen LogP contribution in [0, 0.1) is 11.8 Å². The summed E-state index contributed by atoms with van der Waals surface area (Å²) in [5.41, 5.74) is 1.14. The van der Waals surface area contributed by atoms with Crippen LogP contribution in [0.5, 0.6) is 0 Å². The minimum Gasteiger partial charge on any atom is -0.313 e. The third-order valence-electron chi connectivity index (χ3n) is 2.06. The van der Waals surface area contributed by atoms with E-state index in [1.54, 1.807) is 18.2 Å². The molecule has 2 aromatic rings. The molecule has 1 aromatic heterocycles. The van der Waals surface area contributed by atoms with Gasteiger partial charge in [0, 0.05) is 5.56 Å². The summed E-state index contributed by atoms with van der Waals surface area (Å²) in [6, 6.07) is 5.17. The van der Waals surface area contributed by atoms with E-state index in [1.807, 2.05) is 0 Å². The van der Waals surface area contributed by atoms with Gasteiger partial charge in [0.25, 0.3) is 5.56 Å². The van der Waals surface area contributed by atoms with Crippen LogP contribution in [0.15, 0.2) is 29.3 Å². The highest BCUT2D eigenvalue weighted by molar-refractivity contribution is 5.78. The van der Waals surface area contributed by atoms with Gasteiger partial charge >= 0.3 is 0 Å². The predicted molar refractivity (Wildman–Crippen MR) is 59.9 cm³/mol. The normalized spacial score (nSPS) is 9.50. The number of H-pyrrole nitrogens is 1. The third-order valence-corrected chi connectivity index (χ3v) is 2.06. The summed E-state index contributed by atoms with van der Waals surface area (Å²) in [6.07, 6.45) is 2.30. The average Bonchev–Trinajstić information content (AvgIpc) is 2.30. The Labute approximate surface area is 91.3 Å². The Balaban J connectivity index is 2.52. The first-order chi connectivity index (χ1) is 7.81. The van der Waals surface area contributed by atoms with Gasteiger partial charge in [0.15, 0.2) is 0 Å². The van der Waals surface area contributed by atoms with Crippen LogP contribution in [-0.2, 0) is 4.79 Å². The predicted octanol–water partition coefficient (Wildman–Crippen LogP) is 0.864. The molecule has 0 spiro atoms. The highest BCUT2D eigenvalue weighted by Gasteiger charge is 1.98. The van der Waals surface area contributed by atoms with E-state index in [2.05, 4.69) is 21.8 Å². The van der Waals surface area contributed by atoms with Crippen molar-refractivity contribution in [1.29, 1.82) is 0 Å². The summed E-state index contributed by atoms with van der Waals surface area (Å²) < 4.78 is 0. The van der Waals surface area contributed by atoms with Gasteiger partial charge in [0.05, 0.1) is 23.7 Å². The summed E-state index contributed by atoms with van der Waals surface area (Å²) in [6.45, 7) is 0. The molecule has 0 saturated heterocycles. The van der Waals surface area contributed by atoms with Gasteiger partial charge < -0.3 is 9.78 Å². The number of carbonyl (C=O) groups is 1. The van der Waals surface area contributed by atoms with Crippen molar-refractivity contribution < 1.29 is 4.79 Å². The molecule has 0 radical (unpaired) electrons. The van der Waals surface area contributed by atoms with E-state index in [-0.39, 0.29) is 12.0 Å². The lowest BCUT2D eigenvalue weighted by Crippen LogP contribution is -2.06. The number of nitrogens with one attached hydrogen (secondary N) is 1. The molecule has 0 atom stereocenters. The molecule has 0 saturated carbocycles. The van der Waals surface area contributed by atoms with Gasteiger partial charge in [-0.2, -0.15) is 0 Å². The molecule has 1 aromatic carbocycles. The number of hydrogen-bond donors (Lipinski definition) is 1. The van der Waals surface area contributed by atoms with Crippen molar-refractivity contribution in [1.82, 2.24) is 9.97 Å². The van der Waals surface area contributed by atoms with Gasteiger partial charge in [0.2, 0.25) is 0 Å². The van der Waals surface area contributed by atoms with E-state index < -0.39 is 0 Å². The van der Waals surface area contributed by atoms with Crippen LogP contribution in [0.25, 0.3) is 10.9 Å². The van der Waals surface area contributed by atoms with Crippen LogP contribution in [0.3, 0.4) is 0 Å². The largest absolute Gasteiger partial charge is 0.313 e. The van der Waals surface area contributed by atoms with Crippen molar-refractivity contribution in [3.63, 3.8) is 0 Å². The van der Waals surface area contributed by atoms with Crippen LogP contribution in [0.1, 0.15) is 12.0 Å². The molecule has 4 nitrogen and oxygen atoms in total. The second kappa shape index (κ2) is 4.41. The van der Waals surface area contributed by atoms with E-state index in [0.29, 0.717) is 16.5 Å². The van der Waals surface area contributed by atoms with Gasteiger partial charge in [-0.3, -0.25) is 4.79 Å². The Bertz CT molecular complexity index is 647. The van der Waals surface area contributed by atoms with Gasteiger partial charge in [0.1, 0.15) is 6.29 Å². The number of aromatic amines is 1. The zero-order chi connectivity index (χ0) is 11.4. The van der Waals surface area contributed by atoms with Gasteiger partial charge in [-0.15, -0.1) is 0 Å². The minimum atomic E-state index is -0.191. The summed E-state index contributed by atoms with van der Waals surface area (Å²) in [4.78, 5) is 28.1. The molecule has 0 fully saturated rings. The van der Waals surface area contributed by atoms with Crippen molar-refractivity contribution >= 4 is 17.2 Å². The Morgan fingerprint density at radius 3 is 3.12 bits per heavy atom. The number of hydrogen-bond acceptors (Lipinski definition) is 3. The molecular formula is C12H8N2O2. The van der Waals surface area contributed by atoms with E-state index >= 15 is 0 Å². The van der Waals surface area contributed by atoms with E-state index in [4.69, 9.17) is 0 Å². The van der Waals surface area contributed by atoms with Crippen molar-refractivity contribution in [2.24, 2.45) is 0 Å². The second-order valence-corrected chi connectivity index (χ2v) is 3.14. The van der Waals surface area contributed by atoms with E-state index in [1.165, 1.54) is 6.33 Å². The fraction of sp³-hybridized carbons (Fsp3) is 0.0833. The van der Waals surface area contributed by atoms with Crippen LogP contribution in [0.2, 0.25) is 0 Å². The number of aromatic nitrogens is 2. The zero-order valence-corrected chi connectivity index (χ0v) is 8.36. The lowest BCUT2D eigenvalue weighted by atomic mass is 10.1. The molecule has 0 unspecified atom stereocenters. The van der Waals surface area contributed by atoms with E-state index in [9.17, 15) is 9.59 Å². The highest BCUT2D eigenvalue weighted by Crippen LogP contribution is 2.08. The Morgan fingerprint density at radius 1 is 1.44 bits per heavy atom. The lowest BCUT2D eigenvalue weighted by Gasteiger charge is -1.95. The minimum absolute atomic E-state index is 0.191. The number of aldehydes is 1. The summed E-state index contributed by atoms with van der Waals surface area (Å²) in [7, 11) is 0. The van der Waals surface area contributed by atoms with Crippen molar-refractivity contribution in [2.75, 3.05) is 0 Å². The lowest BCUT2D eigenvalue weighted by molar-refractivity contribution is -0.107. The van der Waals surface area contributed by atoms with Crippen LogP contribution in [-0.4, -0.2) is 16.3 Å². The van der Waals surface area contributed by atoms with Crippen LogP contribution < -0.4 is 5.56 Å². The Kier molecular flexibility index (Phi) is 2.79. The summed E-state index contributed by atoms with van der Waals surface area (Å²) in [5, 5.41) is 0.500. The van der Waals surface area contributed by atoms with Crippen LogP contribution in [0.4, 0.5) is 0 Å². The molecule has 0 amide bonds. The maximum atomic E-state index is 11.5. The van der Waals surface area contributed by atoms with Gasteiger partial charge in [-0.25, -0.2) is 4.98 Å². The average molecular weight is 212 g/mol. The molecule has 0 aliphatic heterocycles. The number of rotatable bonds is 1. The quantitative estimate of drug-likeness (QED) is 0.563. The molecule has 1 N–H and O–H groups in total. The Hall–Kier alpha value is -2.41. The first-order valence-corrected chi connectivity index (χ1v) is 4.71. The molecule has 0 aliphatic rings. The molecule has 78 valence electrons.